The highest BCUT2D eigenvalue weighted by molar-refractivity contribution is 7.08. The fourth-order valence-electron chi connectivity index (χ4n) is 1.74. The molecule has 78 valence electrons. The normalized spacial score (nSPS) is 11.5. The van der Waals surface area contributed by atoms with Crippen LogP contribution in [0.1, 0.15) is 11.3 Å². The number of aromatic amines is 1. The number of fused-ring (bicyclic) bond motifs is 1. The molecule has 0 radical (unpaired) electrons. The largest absolute Gasteiger partial charge is 0.355 e. The van der Waals surface area contributed by atoms with Crippen LogP contribution in [-0.4, -0.2) is 4.98 Å². The van der Waals surface area contributed by atoms with Crippen molar-refractivity contribution in [1.29, 1.82) is 0 Å². The highest BCUT2D eigenvalue weighted by atomic mass is 32.1. The van der Waals surface area contributed by atoms with E-state index in [1.165, 1.54) is 16.5 Å². The second-order valence-electron chi connectivity index (χ2n) is 3.70. The number of H-pyrrole nitrogens is 1. The first-order valence-electron chi connectivity index (χ1n) is 5.20. The Morgan fingerprint density at radius 1 is 1.06 bits per heavy atom. The molecule has 0 spiro atoms. The Hall–Kier alpha value is -1.80. The van der Waals surface area contributed by atoms with E-state index in [1.54, 1.807) is 11.3 Å². The van der Waals surface area contributed by atoms with Gasteiger partial charge < -0.3 is 4.98 Å². The quantitative estimate of drug-likeness (QED) is 0.665. The molecular weight excluding hydrogens is 214 g/mol. The summed E-state index contributed by atoms with van der Waals surface area (Å²) in [6.07, 6.45) is 4.24. The predicted molar refractivity (Wildman–Crippen MR) is 71.5 cm³/mol. The van der Waals surface area contributed by atoms with E-state index in [2.05, 4.69) is 58.2 Å². The van der Waals surface area contributed by atoms with Crippen LogP contribution in [0.5, 0.6) is 0 Å². The van der Waals surface area contributed by atoms with Crippen molar-refractivity contribution in [3.8, 4) is 0 Å². The van der Waals surface area contributed by atoms with Gasteiger partial charge in [0.15, 0.2) is 0 Å². The summed E-state index contributed by atoms with van der Waals surface area (Å²) >= 11 is 1.72. The Balaban J connectivity index is 1.95. The molecule has 16 heavy (non-hydrogen) atoms. The molecule has 1 nitrogen and oxygen atoms in total. The standard InChI is InChI=1S/C14H11NS/c1-2-4-14-12(3-1)9-13(15-14)6-5-11-7-8-16-10-11/h1-10,15H. The Bertz CT molecular complexity index is 584. The number of hydrogen-bond acceptors (Lipinski definition) is 1. The summed E-state index contributed by atoms with van der Waals surface area (Å²) < 4.78 is 0. The average molecular weight is 225 g/mol. The summed E-state index contributed by atoms with van der Waals surface area (Å²) in [7, 11) is 0. The molecule has 1 N–H and O–H groups in total. The van der Waals surface area contributed by atoms with Crippen molar-refractivity contribution in [3.05, 3.63) is 58.4 Å². The van der Waals surface area contributed by atoms with E-state index in [-0.39, 0.29) is 0 Å². The molecule has 0 amide bonds. The van der Waals surface area contributed by atoms with Crippen LogP contribution in [0.25, 0.3) is 23.1 Å². The molecule has 0 bridgehead atoms. The molecule has 3 rings (SSSR count). The first kappa shape index (κ1) is 9.43. The molecule has 0 aliphatic rings. The summed E-state index contributed by atoms with van der Waals surface area (Å²) in [6.45, 7) is 0. The fraction of sp³-hybridized carbons (Fsp3) is 0. The number of benzene rings is 1. The van der Waals surface area contributed by atoms with E-state index < -0.39 is 0 Å². The molecule has 0 unspecified atom stereocenters. The van der Waals surface area contributed by atoms with Gasteiger partial charge in [-0.25, -0.2) is 0 Å². The monoisotopic (exact) mass is 225 g/mol. The SMILES string of the molecule is C(=Cc1cc2ccccc2[nH]1)c1ccsc1. The molecule has 2 heteroatoms. The summed E-state index contributed by atoms with van der Waals surface area (Å²) in [4.78, 5) is 3.37. The minimum absolute atomic E-state index is 1.15. The van der Waals surface area contributed by atoms with Crippen LogP contribution in [-0.2, 0) is 0 Å². The van der Waals surface area contributed by atoms with Crippen molar-refractivity contribution >= 4 is 34.4 Å². The van der Waals surface area contributed by atoms with Crippen LogP contribution in [0.2, 0.25) is 0 Å². The van der Waals surface area contributed by atoms with Crippen molar-refractivity contribution in [2.45, 2.75) is 0 Å². The highest BCUT2D eigenvalue weighted by Crippen LogP contribution is 2.17. The first-order valence-corrected chi connectivity index (χ1v) is 6.14. The third-order valence-electron chi connectivity index (χ3n) is 2.55. The van der Waals surface area contributed by atoms with Gasteiger partial charge in [0.05, 0.1) is 0 Å². The van der Waals surface area contributed by atoms with Crippen LogP contribution >= 0.6 is 11.3 Å². The highest BCUT2D eigenvalue weighted by Gasteiger charge is 1.95. The van der Waals surface area contributed by atoms with Crippen molar-refractivity contribution < 1.29 is 0 Å². The van der Waals surface area contributed by atoms with Gasteiger partial charge in [-0.2, -0.15) is 11.3 Å². The van der Waals surface area contributed by atoms with Crippen LogP contribution in [0.3, 0.4) is 0 Å². The number of thiophene rings is 1. The zero-order chi connectivity index (χ0) is 10.8. The van der Waals surface area contributed by atoms with E-state index in [1.807, 2.05) is 6.07 Å². The van der Waals surface area contributed by atoms with Gasteiger partial charge in [-0.05, 0) is 46.0 Å². The summed E-state index contributed by atoms with van der Waals surface area (Å²) in [6, 6.07) is 12.6. The Morgan fingerprint density at radius 3 is 2.81 bits per heavy atom. The third-order valence-corrected chi connectivity index (χ3v) is 3.25. The minimum Gasteiger partial charge on any atom is -0.355 e. The van der Waals surface area contributed by atoms with E-state index in [0.717, 1.165) is 5.69 Å². The van der Waals surface area contributed by atoms with Gasteiger partial charge in [0.25, 0.3) is 0 Å². The van der Waals surface area contributed by atoms with Gasteiger partial charge >= 0.3 is 0 Å². The van der Waals surface area contributed by atoms with Crippen molar-refractivity contribution in [3.63, 3.8) is 0 Å². The van der Waals surface area contributed by atoms with Gasteiger partial charge in [-0.15, -0.1) is 0 Å². The van der Waals surface area contributed by atoms with Gasteiger partial charge in [0.1, 0.15) is 0 Å². The molecule has 2 aromatic heterocycles. The first-order chi connectivity index (χ1) is 7.92. The van der Waals surface area contributed by atoms with Crippen molar-refractivity contribution in [2.24, 2.45) is 0 Å². The van der Waals surface area contributed by atoms with E-state index in [9.17, 15) is 0 Å². The smallest absolute Gasteiger partial charge is 0.0458 e. The minimum atomic E-state index is 1.15. The lowest BCUT2D eigenvalue weighted by atomic mass is 10.2. The maximum absolute atomic E-state index is 3.37. The Labute approximate surface area is 98.1 Å². The van der Waals surface area contributed by atoms with Gasteiger partial charge in [0.2, 0.25) is 0 Å². The summed E-state index contributed by atoms with van der Waals surface area (Å²) in [5.74, 6) is 0. The second-order valence-corrected chi connectivity index (χ2v) is 4.48. The molecule has 3 aromatic rings. The predicted octanol–water partition coefficient (Wildman–Crippen LogP) is 4.40. The Morgan fingerprint density at radius 2 is 2.00 bits per heavy atom. The lowest BCUT2D eigenvalue weighted by Gasteiger charge is -1.85. The van der Waals surface area contributed by atoms with E-state index in [0.29, 0.717) is 0 Å². The van der Waals surface area contributed by atoms with Crippen molar-refractivity contribution in [1.82, 2.24) is 4.98 Å². The Kier molecular flexibility index (Phi) is 2.35. The number of nitrogens with one attached hydrogen (secondary N) is 1. The van der Waals surface area contributed by atoms with Crippen molar-refractivity contribution in [2.75, 3.05) is 0 Å². The van der Waals surface area contributed by atoms with E-state index in [4.69, 9.17) is 0 Å². The number of para-hydroxylation sites is 1. The zero-order valence-corrected chi connectivity index (χ0v) is 9.50. The molecule has 0 aliphatic carbocycles. The maximum atomic E-state index is 3.37. The molecule has 1 aromatic carbocycles. The van der Waals surface area contributed by atoms with Gasteiger partial charge in [-0.1, -0.05) is 24.3 Å². The molecule has 0 atom stereocenters. The topological polar surface area (TPSA) is 15.8 Å². The zero-order valence-electron chi connectivity index (χ0n) is 8.68. The summed E-state index contributed by atoms with van der Waals surface area (Å²) in [5, 5.41) is 5.48. The lowest BCUT2D eigenvalue weighted by molar-refractivity contribution is 1.43. The molecule has 0 saturated heterocycles. The molecule has 0 aliphatic heterocycles. The summed E-state index contributed by atoms with van der Waals surface area (Å²) in [5.41, 5.74) is 3.59. The molecular formula is C14H11NS. The maximum Gasteiger partial charge on any atom is 0.0458 e. The molecule has 2 heterocycles. The number of aromatic nitrogens is 1. The van der Waals surface area contributed by atoms with Crippen LogP contribution < -0.4 is 0 Å². The second kappa shape index (κ2) is 3.99. The van der Waals surface area contributed by atoms with E-state index >= 15 is 0 Å². The van der Waals surface area contributed by atoms with Crippen LogP contribution in [0.4, 0.5) is 0 Å². The molecule has 0 fully saturated rings. The lowest BCUT2D eigenvalue weighted by Crippen LogP contribution is -1.68. The average Bonchev–Trinajstić information content (AvgIpc) is 2.95. The number of hydrogen-bond donors (Lipinski definition) is 1. The molecule has 0 saturated carbocycles. The van der Waals surface area contributed by atoms with Crippen LogP contribution in [0, 0.1) is 0 Å². The van der Waals surface area contributed by atoms with Gasteiger partial charge in [0, 0.05) is 11.2 Å². The van der Waals surface area contributed by atoms with Gasteiger partial charge in [-0.3, -0.25) is 0 Å². The fourth-order valence-corrected chi connectivity index (χ4v) is 2.37. The third kappa shape index (κ3) is 1.79. The number of rotatable bonds is 2. The van der Waals surface area contributed by atoms with Crippen LogP contribution in [0.15, 0.2) is 47.2 Å².